The highest BCUT2D eigenvalue weighted by Gasteiger charge is 2.29. The summed E-state index contributed by atoms with van der Waals surface area (Å²) in [7, 11) is -3.80. The SMILES string of the molecule is Cc1c(NC(=O)c2cc(S(=O)(=O)N3CCOCC3)ccc2N2CCCCC2)cccc1[N+](=O)[O-]. The Morgan fingerprint density at radius 3 is 2.44 bits per heavy atom. The number of nitrogens with zero attached hydrogens (tertiary/aromatic N) is 3. The summed E-state index contributed by atoms with van der Waals surface area (Å²) in [5, 5.41) is 14.1. The molecule has 2 aliphatic heterocycles. The Hall–Kier alpha value is -3.02. The van der Waals surface area contributed by atoms with E-state index in [0.717, 1.165) is 32.4 Å². The summed E-state index contributed by atoms with van der Waals surface area (Å²) in [6, 6.07) is 9.12. The van der Waals surface area contributed by atoms with Crippen LogP contribution in [-0.2, 0) is 14.8 Å². The van der Waals surface area contributed by atoms with Gasteiger partial charge in [0.25, 0.3) is 11.6 Å². The zero-order valence-corrected chi connectivity index (χ0v) is 19.8. The van der Waals surface area contributed by atoms with E-state index in [1.807, 2.05) is 0 Å². The van der Waals surface area contributed by atoms with Crippen LogP contribution in [0, 0.1) is 17.0 Å². The van der Waals surface area contributed by atoms with Crippen molar-refractivity contribution in [1.82, 2.24) is 4.31 Å². The summed E-state index contributed by atoms with van der Waals surface area (Å²) in [6.45, 7) is 4.26. The molecule has 0 radical (unpaired) electrons. The first-order chi connectivity index (χ1) is 16.3. The maximum absolute atomic E-state index is 13.4. The minimum Gasteiger partial charge on any atom is -0.379 e. The quantitative estimate of drug-likeness (QED) is 0.489. The molecule has 0 atom stereocenters. The number of sulfonamides is 1. The van der Waals surface area contributed by atoms with Crippen LogP contribution in [0.25, 0.3) is 0 Å². The fraction of sp³-hybridized carbons (Fsp3) is 0.435. The van der Waals surface area contributed by atoms with E-state index in [9.17, 15) is 23.3 Å². The zero-order chi connectivity index (χ0) is 24.3. The first kappa shape index (κ1) is 24.1. The van der Waals surface area contributed by atoms with E-state index in [1.165, 1.54) is 22.5 Å². The van der Waals surface area contributed by atoms with E-state index in [1.54, 1.807) is 25.1 Å². The molecular formula is C23H28N4O6S. The molecule has 11 heteroatoms. The lowest BCUT2D eigenvalue weighted by atomic mass is 10.1. The van der Waals surface area contributed by atoms with Gasteiger partial charge in [0.1, 0.15) is 0 Å². The van der Waals surface area contributed by atoms with Gasteiger partial charge >= 0.3 is 0 Å². The number of carbonyl (C=O) groups excluding carboxylic acids is 1. The van der Waals surface area contributed by atoms with Crippen LogP contribution in [0.5, 0.6) is 0 Å². The molecule has 34 heavy (non-hydrogen) atoms. The minimum absolute atomic E-state index is 0.0380. The second kappa shape index (κ2) is 10.1. The molecule has 2 aliphatic rings. The summed E-state index contributed by atoms with van der Waals surface area (Å²) in [6.07, 6.45) is 3.08. The third-order valence-electron chi connectivity index (χ3n) is 6.27. The Morgan fingerprint density at radius 1 is 1.06 bits per heavy atom. The van der Waals surface area contributed by atoms with Crippen LogP contribution in [0.4, 0.5) is 17.1 Å². The summed E-state index contributed by atoms with van der Waals surface area (Å²) < 4.78 is 33.1. The van der Waals surface area contributed by atoms with Gasteiger partial charge < -0.3 is 15.0 Å². The number of ether oxygens (including phenoxy) is 1. The monoisotopic (exact) mass is 488 g/mol. The van der Waals surface area contributed by atoms with Gasteiger partial charge in [0.15, 0.2) is 0 Å². The lowest BCUT2D eigenvalue weighted by Gasteiger charge is -2.31. The van der Waals surface area contributed by atoms with Crippen molar-refractivity contribution < 1.29 is 22.9 Å². The Morgan fingerprint density at radius 2 is 1.76 bits per heavy atom. The average Bonchev–Trinajstić information content (AvgIpc) is 2.85. The molecule has 0 aliphatic carbocycles. The number of amides is 1. The lowest BCUT2D eigenvalue weighted by Crippen LogP contribution is -2.40. The number of nitro groups is 1. The molecule has 10 nitrogen and oxygen atoms in total. The highest BCUT2D eigenvalue weighted by atomic mass is 32.2. The van der Waals surface area contributed by atoms with Crippen LogP contribution in [0.3, 0.4) is 0 Å². The van der Waals surface area contributed by atoms with E-state index < -0.39 is 20.9 Å². The van der Waals surface area contributed by atoms with Crippen molar-refractivity contribution in [3.63, 3.8) is 0 Å². The second-order valence-corrected chi connectivity index (χ2v) is 10.3. The number of benzene rings is 2. The van der Waals surface area contributed by atoms with E-state index in [0.29, 0.717) is 30.2 Å². The van der Waals surface area contributed by atoms with Gasteiger partial charge in [-0.3, -0.25) is 14.9 Å². The molecule has 2 saturated heterocycles. The van der Waals surface area contributed by atoms with Gasteiger partial charge in [-0.1, -0.05) is 6.07 Å². The molecule has 0 bridgehead atoms. The fourth-order valence-electron chi connectivity index (χ4n) is 4.35. The maximum Gasteiger partial charge on any atom is 0.274 e. The van der Waals surface area contributed by atoms with Gasteiger partial charge in [-0.15, -0.1) is 0 Å². The molecule has 4 rings (SSSR count). The molecule has 2 aromatic carbocycles. The molecule has 0 saturated carbocycles. The number of nitro benzene ring substituents is 1. The standard InChI is InChI=1S/C23H28N4O6S/c1-17-20(6-5-7-21(17)27(29)30)24-23(28)19-16-18(34(31,32)26-12-14-33-15-13-26)8-9-22(19)25-10-3-2-4-11-25/h5-9,16H,2-4,10-15H2,1H3,(H,24,28). The van der Waals surface area contributed by atoms with Gasteiger partial charge in [0.2, 0.25) is 10.0 Å². The topological polar surface area (TPSA) is 122 Å². The number of hydrogen-bond donors (Lipinski definition) is 1. The van der Waals surface area contributed by atoms with Gasteiger partial charge in [0.05, 0.1) is 39.8 Å². The maximum atomic E-state index is 13.4. The summed E-state index contributed by atoms with van der Waals surface area (Å²) in [5.74, 6) is -0.511. The highest BCUT2D eigenvalue weighted by Crippen LogP contribution is 2.31. The lowest BCUT2D eigenvalue weighted by molar-refractivity contribution is -0.385. The zero-order valence-electron chi connectivity index (χ0n) is 19.0. The molecule has 0 spiro atoms. The predicted octanol–water partition coefficient (Wildman–Crippen LogP) is 3.17. The second-order valence-electron chi connectivity index (χ2n) is 8.40. The number of piperidine rings is 1. The van der Waals surface area contributed by atoms with Crippen molar-refractivity contribution in [2.75, 3.05) is 49.6 Å². The van der Waals surface area contributed by atoms with Gasteiger partial charge in [-0.2, -0.15) is 4.31 Å². The van der Waals surface area contributed by atoms with Gasteiger partial charge in [-0.25, -0.2) is 8.42 Å². The Bertz CT molecular complexity index is 1190. The first-order valence-electron chi connectivity index (χ1n) is 11.3. The van der Waals surface area contributed by atoms with Crippen LogP contribution in [0.15, 0.2) is 41.3 Å². The van der Waals surface area contributed by atoms with Crippen LogP contribution in [0.1, 0.15) is 35.2 Å². The van der Waals surface area contributed by atoms with Crippen LogP contribution in [-0.4, -0.2) is 62.9 Å². The third-order valence-corrected chi connectivity index (χ3v) is 8.16. The van der Waals surface area contributed by atoms with E-state index >= 15 is 0 Å². The Labute approximate surface area is 198 Å². The van der Waals surface area contributed by atoms with Gasteiger partial charge in [-0.05, 0) is 50.5 Å². The molecule has 1 N–H and O–H groups in total. The normalized spacial score (nSPS) is 17.4. The largest absolute Gasteiger partial charge is 0.379 e. The molecule has 0 aromatic heterocycles. The summed E-state index contributed by atoms with van der Waals surface area (Å²) in [4.78, 5) is 26.4. The average molecular weight is 489 g/mol. The first-order valence-corrected chi connectivity index (χ1v) is 12.8. The predicted molar refractivity (Wildman–Crippen MR) is 128 cm³/mol. The molecular weight excluding hydrogens is 460 g/mol. The fourth-order valence-corrected chi connectivity index (χ4v) is 5.79. The number of hydrogen-bond acceptors (Lipinski definition) is 7. The van der Waals surface area contributed by atoms with Crippen molar-refractivity contribution in [2.24, 2.45) is 0 Å². The van der Waals surface area contributed by atoms with E-state index in [4.69, 9.17) is 4.74 Å². The molecule has 2 aromatic rings. The van der Waals surface area contributed by atoms with Gasteiger partial charge in [0, 0.05) is 37.9 Å². The molecule has 2 heterocycles. The van der Waals surface area contributed by atoms with Crippen molar-refractivity contribution >= 4 is 33.0 Å². The van der Waals surface area contributed by atoms with Crippen LogP contribution < -0.4 is 10.2 Å². The Balaban J connectivity index is 1.72. The third kappa shape index (κ3) is 4.91. The van der Waals surface area contributed by atoms with E-state index in [2.05, 4.69) is 10.2 Å². The smallest absolute Gasteiger partial charge is 0.274 e. The summed E-state index contributed by atoms with van der Waals surface area (Å²) >= 11 is 0. The number of carbonyl (C=O) groups is 1. The van der Waals surface area contributed by atoms with E-state index in [-0.39, 0.29) is 29.2 Å². The molecule has 1 amide bonds. The van der Waals surface area contributed by atoms with Crippen molar-refractivity contribution in [2.45, 2.75) is 31.1 Å². The minimum atomic E-state index is -3.80. The number of morpholine rings is 1. The summed E-state index contributed by atoms with van der Waals surface area (Å²) in [5.41, 5.74) is 1.42. The molecule has 182 valence electrons. The van der Waals surface area contributed by atoms with Crippen LogP contribution >= 0.6 is 0 Å². The van der Waals surface area contributed by atoms with Crippen LogP contribution in [0.2, 0.25) is 0 Å². The molecule has 0 unspecified atom stereocenters. The van der Waals surface area contributed by atoms with Crippen molar-refractivity contribution in [3.05, 3.63) is 57.6 Å². The molecule has 2 fully saturated rings. The van der Waals surface area contributed by atoms with Crippen molar-refractivity contribution in [1.29, 1.82) is 0 Å². The number of anilines is 2. The highest BCUT2D eigenvalue weighted by molar-refractivity contribution is 7.89. The van der Waals surface area contributed by atoms with Crippen molar-refractivity contribution in [3.8, 4) is 0 Å². The number of rotatable bonds is 6. The number of nitrogens with one attached hydrogen (secondary N) is 1. The Kier molecular flexibility index (Phi) is 7.15.